The Labute approximate surface area is 125 Å². The number of rotatable bonds is 5. The Morgan fingerprint density at radius 2 is 2.10 bits per heavy atom. The molecule has 0 radical (unpaired) electrons. The monoisotopic (exact) mass is 286 g/mol. The smallest absolute Gasteiger partial charge is 0.306 e. The van der Waals surface area contributed by atoms with Gasteiger partial charge in [-0.25, -0.2) is 0 Å². The van der Waals surface area contributed by atoms with Gasteiger partial charge in [-0.2, -0.15) is 0 Å². The average molecular weight is 286 g/mol. The van der Waals surface area contributed by atoms with Crippen molar-refractivity contribution in [2.24, 2.45) is 11.8 Å². The van der Waals surface area contributed by atoms with Crippen LogP contribution in [0.1, 0.15) is 31.2 Å². The van der Waals surface area contributed by atoms with Gasteiger partial charge in [-0.3, -0.25) is 4.79 Å². The van der Waals surface area contributed by atoms with Crippen molar-refractivity contribution < 1.29 is 14.6 Å². The van der Waals surface area contributed by atoms with Gasteiger partial charge in [-0.1, -0.05) is 42.5 Å². The molecule has 1 N–H and O–H groups in total. The van der Waals surface area contributed by atoms with E-state index in [0.29, 0.717) is 18.3 Å². The summed E-state index contributed by atoms with van der Waals surface area (Å²) in [6.45, 7) is 0. The normalized spacial score (nSPS) is 29.6. The lowest BCUT2D eigenvalue weighted by atomic mass is 9.92. The molecule has 0 aromatic heterocycles. The maximum Gasteiger partial charge on any atom is 0.306 e. The van der Waals surface area contributed by atoms with Gasteiger partial charge in [-0.15, -0.1) is 0 Å². The Bertz CT molecular complexity index is 508. The Morgan fingerprint density at radius 1 is 1.29 bits per heavy atom. The second-order valence-corrected chi connectivity index (χ2v) is 6.11. The van der Waals surface area contributed by atoms with Crippen molar-refractivity contribution in [2.45, 2.75) is 44.3 Å². The standard InChI is InChI=1S/C18H22O3/c19-15(9-6-13-4-2-1-3-5-13)10-7-14-8-11-17-16(14)12-18(20)21-17/h1-5,7,10,14-17,19H,6,8-9,11-12H2/b10-7+/t14-,15-,16+,17-/m0/s1. The first-order chi connectivity index (χ1) is 10.2. The fourth-order valence-corrected chi connectivity index (χ4v) is 3.46. The third-order valence-corrected chi connectivity index (χ3v) is 4.65. The summed E-state index contributed by atoms with van der Waals surface area (Å²) in [5.74, 6) is 0.649. The molecule has 0 amide bonds. The number of carbonyl (C=O) groups excluding carboxylic acids is 1. The predicted molar refractivity (Wildman–Crippen MR) is 80.6 cm³/mol. The molecule has 1 aliphatic heterocycles. The van der Waals surface area contributed by atoms with E-state index in [2.05, 4.69) is 18.2 Å². The summed E-state index contributed by atoms with van der Waals surface area (Å²) in [4.78, 5) is 11.3. The van der Waals surface area contributed by atoms with Gasteiger partial charge < -0.3 is 9.84 Å². The quantitative estimate of drug-likeness (QED) is 0.669. The number of hydrogen-bond acceptors (Lipinski definition) is 3. The van der Waals surface area contributed by atoms with Gasteiger partial charge in [0.1, 0.15) is 6.10 Å². The first-order valence-corrected chi connectivity index (χ1v) is 7.82. The summed E-state index contributed by atoms with van der Waals surface area (Å²) < 4.78 is 5.29. The number of ether oxygens (including phenoxy) is 1. The van der Waals surface area contributed by atoms with E-state index in [1.165, 1.54) is 5.56 Å². The van der Waals surface area contributed by atoms with Crippen molar-refractivity contribution in [1.29, 1.82) is 0 Å². The Morgan fingerprint density at radius 3 is 2.90 bits per heavy atom. The number of fused-ring (bicyclic) bond motifs is 1. The lowest BCUT2D eigenvalue weighted by Crippen LogP contribution is -2.13. The zero-order valence-electron chi connectivity index (χ0n) is 12.2. The lowest BCUT2D eigenvalue weighted by Gasteiger charge is -2.12. The maximum absolute atomic E-state index is 11.3. The molecule has 1 heterocycles. The van der Waals surface area contributed by atoms with E-state index in [-0.39, 0.29) is 12.1 Å². The molecule has 1 aromatic rings. The van der Waals surface area contributed by atoms with Crippen molar-refractivity contribution in [1.82, 2.24) is 0 Å². The molecular formula is C18H22O3. The van der Waals surface area contributed by atoms with Crippen LogP contribution >= 0.6 is 0 Å². The van der Waals surface area contributed by atoms with Gasteiger partial charge in [0.25, 0.3) is 0 Å². The van der Waals surface area contributed by atoms with Crippen LogP contribution in [0.3, 0.4) is 0 Å². The summed E-state index contributed by atoms with van der Waals surface area (Å²) in [5.41, 5.74) is 1.25. The van der Waals surface area contributed by atoms with Gasteiger partial charge in [0.15, 0.2) is 0 Å². The van der Waals surface area contributed by atoms with Crippen molar-refractivity contribution in [2.75, 3.05) is 0 Å². The molecule has 21 heavy (non-hydrogen) atoms. The largest absolute Gasteiger partial charge is 0.462 e. The van der Waals surface area contributed by atoms with Crippen molar-refractivity contribution in [3.05, 3.63) is 48.0 Å². The van der Waals surface area contributed by atoms with Crippen LogP contribution in [0.25, 0.3) is 0 Å². The molecule has 3 heteroatoms. The highest BCUT2D eigenvalue weighted by molar-refractivity contribution is 5.72. The molecule has 0 spiro atoms. The molecule has 1 aromatic carbocycles. The molecule has 112 valence electrons. The van der Waals surface area contributed by atoms with Gasteiger partial charge in [0.05, 0.1) is 12.5 Å². The van der Waals surface area contributed by atoms with Crippen molar-refractivity contribution in [3.63, 3.8) is 0 Å². The third kappa shape index (κ3) is 3.53. The van der Waals surface area contributed by atoms with Crippen LogP contribution in [0.5, 0.6) is 0 Å². The summed E-state index contributed by atoms with van der Waals surface area (Å²) in [6, 6.07) is 10.2. The van der Waals surface area contributed by atoms with E-state index in [1.807, 2.05) is 24.3 Å². The van der Waals surface area contributed by atoms with Crippen LogP contribution < -0.4 is 0 Å². The maximum atomic E-state index is 11.3. The minimum Gasteiger partial charge on any atom is -0.462 e. The van der Waals surface area contributed by atoms with E-state index >= 15 is 0 Å². The average Bonchev–Trinajstić information content (AvgIpc) is 3.03. The fraction of sp³-hybridized carbons (Fsp3) is 0.500. The zero-order valence-corrected chi connectivity index (χ0v) is 12.2. The summed E-state index contributed by atoms with van der Waals surface area (Å²) in [5, 5.41) is 10.1. The number of aliphatic hydroxyl groups is 1. The number of hydrogen-bond donors (Lipinski definition) is 1. The van der Waals surface area contributed by atoms with Crippen LogP contribution in [-0.4, -0.2) is 23.3 Å². The van der Waals surface area contributed by atoms with Gasteiger partial charge in [0, 0.05) is 5.92 Å². The molecule has 2 fully saturated rings. The molecule has 4 atom stereocenters. The Balaban J connectivity index is 1.48. The van der Waals surface area contributed by atoms with E-state index in [1.54, 1.807) is 0 Å². The summed E-state index contributed by atoms with van der Waals surface area (Å²) >= 11 is 0. The SMILES string of the molecule is O=C1C[C@H]2[C@H](CC[C@@H]2/C=C/[C@@H](O)CCc2ccccc2)O1. The van der Waals surface area contributed by atoms with E-state index in [9.17, 15) is 9.90 Å². The predicted octanol–water partition coefficient (Wildman–Crippen LogP) is 2.88. The number of esters is 1. The summed E-state index contributed by atoms with van der Waals surface area (Å²) in [7, 11) is 0. The van der Waals surface area contributed by atoms with Crippen LogP contribution in [0.15, 0.2) is 42.5 Å². The molecule has 3 rings (SSSR count). The molecule has 3 nitrogen and oxygen atoms in total. The number of carbonyl (C=O) groups is 1. The number of allylic oxidation sites excluding steroid dienone is 1. The highest BCUT2D eigenvalue weighted by atomic mass is 16.5. The fourth-order valence-electron chi connectivity index (χ4n) is 3.46. The first kappa shape index (κ1) is 14.3. The second-order valence-electron chi connectivity index (χ2n) is 6.11. The van der Waals surface area contributed by atoms with Crippen molar-refractivity contribution in [3.8, 4) is 0 Å². The highest BCUT2D eigenvalue weighted by Crippen LogP contribution is 2.41. The molecule has 0 unspecified atom stereocenters. The highest BCUT2D eigenvalue weighted by Gasteiger charge is 2.43. The molecular weight excluding hydrogens is 264 g/mol. The minimum atomic E-state index is -0.415. The van der Waals surface area contributed by atoms with Gasteiger partial charge >= 0.3 is 5.97 Å². The number of aliphatic hydroxyl groups excluding tert-OH is 1. The third-order valence-electron chi connectivity index (χ3n) is 4.65. The second kappa shape index (κ2) is 6.44. The van der Waals surface area contributed by atoms with Gasteiger partial charge in [-0.05, 0) is 37.2 Å². The van der Waals surface area contributed by atoms with Crippen LogP contribution in [0.4, 0.5) is 0 Å². The number of aryl methyl sites for hydroxylation is 1. The lowest BCUT2D eigenvalue weighted by molar-refractivity contribution is -0.141. The zero-order chi connectivity index (χ0) is 14.7. The van der Waals surface area contributed by atoms with Crippen LogP contribution in [-0.2, 0) is 16.0 Å². The van der Waals surface area contributed by atoms with E-state index in [0.717, 1.165) is 25.7 Å². The molecule has 1 saturated heterocycles. The minimum absolute atomic E-state index is 0.0623. The first-order valence-electron chi connectivity index (χ1n) is 7.82. The number of benzene rings is 1. The van der Waals surface area contributed by atoms with E-state index < -0.39 is 6.10 Å². The van der Waals surface area contributed by atoms with Gasteiger partial charge in [0.2, 0.25) is 0 Å². The van der Waals surface area contributed by atoms with Crippen LogP contribution in [0.2, 0.25) is 0 Å². The van der Waals surface area contributed by atoms with E-state index in [4.69, 9.17) is 4.74 Å². The summed E-state index contributed by atoms with van der Waals surface area (Å²) in [6.07, 6.45) is 7.88. The molecule has 1 aliphatic carbocycles. The molecule has 2 aliphatic rings. The van der Waals surface area contributed by atoms with Crippen molar-refractivity contribution >= 4 is 5.97 Å². The Hall–Kier alpha value is -1.61. The molecule has 1 saturated carbocycles. The van der Waals surface area contributed by atoms with Crippen LogP contribution in [0, 0.1) is 11.8 Å². The molecule has 0 bridgehead atoms. The topological polar surface area (TPSA) is 46.5 Å². The Kier molecular flexibility index (Phi) is 4.39.